The minimum absolute atomic E-state index is 0.147. The Morgan fingerprint density at radius 3 is 1.08 bits per heavy atom. The molecule has 0 fully saturated rings. The van der Waals surface area contributed by atoms with Gasteiger partial charge in [-0.2, -0.15) is 0 Å². The molecule has 0 bridgehead atoms. The molecule has 0 heterocycles. The number of esters is 2. The summed E-state index contributed by atoms with van der Waals surface area (Å²) in [6, 6.07) is 25.1. The Kier molecular flexibility index (Phi) is 4.37. The second-order valence-corrected chi connectivity index (χ2v) is 9.38. The third-order valence-electron chi connectivity index (χ3n) is 7.69. The van der Waals surface area contributed by atoms with Crippen molar-refractivity contribution in [1.29, 1.82) is 0 Å². The van der Waals surface area contributed by atoms with Crippen LogP contribution in [0.25, 0.3) is 64.6 Å². The van der Waals surface area contributed by atoms with Crippen LogP contribution in [0.2, 0.25) is 0 Å². The minimum atomic E-state index is -0.286. The molecule has 7 aromatic rings. The molecule has 0 spiro atoms. The minimum Gasteiger partial charge on any atom is -0.469 e. The van der Waals surface area contributed by atoms with Crippen molar-refractivity contribution >= 4 is 76.6 Å². The largest absolute Gasteiger partial charge is 0.469 e. The molecule has 36 heavy (non-hydrogen) atoms. The summed E-state index contributed by atoms with van der Waals surface area (Å²) in [6.07, 6.45) is 0.294. The van der Waals surface area contributed by atoms with Crippen LogP contribution >= 0.6 is 0 Å². The number of hydrogen-bond donors (Lipinski definition) is 0. The van der Waals surface area contributed by atoms with E-state index in [9.17, 15) is 9.59 Å². The molecule has 7 aromatic carbocycles. The van der Waals surface area contributed by atoms with Crippen molar-refractivity contribution in [2.45, 2.75) is 12.8 Å². The maximum Gasteiger partial charge on any atom is 0.310 e. The van der Waals surface area contributed by atoms with Gasteiger partial charge in [-0.15, -0.1) is 0 Å². The lowest BCUT2D eigenvalue weighted by Crippen LogP contribution is -2.08. The van der Waals surface area contributed by atoms with E-state index in [0.29, 0.717) is 0 Å². The van der Waals surface area contributed by atoms with Crippen LogP contribution < -0.4 is 0 Å². The van der Waals surface area contributed by atoms with Crippen molar-refractivity contribution < 1.29 is 19.1 Å². The molecule has 0 N–H and O–H groups in total. The summed E-state index contributed by atoms with van der Waals surface area (Å²) in [5, 5.41) is 13.0. The topological polar surface area (TPSA) is 52.6 Å². The number of ether oxygens (including phenoxy) is 2. The fourth-order valence-electron chi connectivity index (χ4n) is 6.34. The summed E-state index contributed by atoms with van der Waals surface area (Å²) in [6.45, 7) is 0. The molecule has 0 aliphatic rings. The first-order valence-corrected chi connectivity index (χ1v) is 12.0. The summed E-state index contributed by atoms with van der Waals surface area (Å²) in [4.78, 5) is 25.6. The van der Waals surface area contributed by atoms with Crippen molar-refractivity contribution in [3.05, 3.63) is 83.9 Å². The summed E-state index contributed by atoms with van der Waals surface area (Å²) in [5.74, 6) is -0.572. The van der Waals surface area contributed by atoms with Gasteiger partial charge in [0.15, 0.2) is 0 Å². The van der Waals surface area contributed by atoms with Gasteiger partial charge < -0.3 is 9.47 Å². The van der Waals surface area contributed by atoms with Crippen molar-refractivity contribution in [3.8, 4) is 0 Å². The predicted octanol–water partition coefficient (Wildman–Crippen LogP) is 6.91. The normalized spacial score (nSPS) is 12.1. The van der Waals surface area contributed by atoms with Crippen LogP contribution in [0.3, 0.4) is 0 Å². The molecule has 0 saturated heterocycles. The highest BCUT2D eigenvalue weighted by Crippen LogP contribution is 2.50. The van der Waals surface area contributed by atoms with E-state index in [0.717, 1.165) is 75.8 Å². The molecular formula is C32H22O4. The van der Waals surface area contributed by atoms with Gasteiger partial charge in [-0.25, -0.2) is 0 Å². The lowest BCUT2D eigenvalue weighted by atomic mass is 9.90. The van der Waals surface area contributed by atoms with Crippen LogP contribution in [-0.2, 0) is 31.9 Å². The number of rotatable bonds is 4. The fourth-order valence-corrected chi connectivity index (χ4v) is 6.34. The van der Waals surface area contributed by atoms with Gasteiger partial charge in [0.1, 0.15) is 0 Å². The van der Waals surface area contributed by atoms with Crippen LogP contribution in [0.4, 0.5) is 0 Å². The lowest BCUT2D eigenvalue weighted by Gasteiger charge is -2.13. The van der Waals surface area contributed by atoms with E-state index in [2.05, 4.69) is 72.8 Å². The molecule has 0 saturated carbocycles. The van der Waals surface area contributed by atoms with Crippen molar-refractivity contribution in [2.75, 3.05) is 14.2 Å². The first-order chi connectivity index (χ1) is 17.6. The number of methoxy groups -OCH3 is 2. The Balaban J connectivity index is 1.85. The average molecular weight is 471 g/mol. The molecule has 0 amide bonds. The van der Waals surface area contributed by atoms with Gasteiger partial charge in [-0.1, -0.05) is 72.8 Å². The molecule has 0 aliphatic heterocycles. The zero-order valence-electron chi connectivity index (χ0n) is 20.0. The standard InChI is InChI=1S/C32H22O4/c1-35-25(33)15-23-29-19-11-3-7-17-9-5-13-21(27(17)19)31(29)24(16-26(34)36-2)32-22-14-6-10-18-8-4-12-20(28(18)22)30(23)32/h3-14H,15-16H2,1-2H3. The monoisotopic (exact) mass is 470 g/mol. The van der Waals surface area contributed by atoms with Gasteiger partial charge in [0, 0.05) is 0 Å². The van der Waals surface area contributed by atoms with Crippen LogP contribution in [0.15, 0.2) is 72.8 Å². The molecule has 4 nitrogen and oxygen atoms in total. The van der Waals surface area contributed by atoms with Crippen LogP contribution in [0.1, 0.15) is 11.1 Å². The smallest absolute Gasteiger partial charge is 0.310 e. The van der Waals surface area contributed by atoms with Crippen LogP contribution in [-0.4, -0.2) is 26.2 Å². The first kappa shape index (κ1) is 20.9. The Morgan fingerprint density at radius 1 is 0.500 bits per heavy atom. The van der Waals surface area contributed by atoms with E-state index in [1.807, 2.05) is 0 Å². The van der Waals surface area contributed by atoms with Gasteiger partial charge in [0.2, 0.25) is 0 Å². The Hall–Kier alpha value is -4.44. The van der Waals surface area contributed by atoms with E-state index in [1.54, 1.807) is 0 Å². The first-order valence-electron chi connectivity index (χ1n) is 12.0. The second-order valence-electron chi connectivity index (χ2n) is 9.38. The molecule has 0 radical (unpaired) electrons. The summed E-state index contributed by atoms with van der Waals surface area (Å²) in [5.41, 5.74) is 1.90. The van der Waals surface area contributed by atoms with Crippen molar-refractivity contribution in [2.24, 2.45) is 0 Å². The van der Waals surface area contributed by atoms with Gasteiger partial charge in [0.05, 0.1) is 27.1 Å². The van der Waals surface area contributed by atoms with Crippen LogP contribution in [0, 0.1) is 0 Å². The molecule has 0 aliphatic carbocycles. The average Bonchev–Trinajstić information content (AvgIpc) is 3.43. The predicted molar refractivity (Wildman–Crippen MR) is 145 cm³/mol. The SMILES string of the molecule is COC(=O)Cc1c2c3cccc4cccc(c2c(CC(=O)OC)c2c5cccc6cccc(c12)c65)c43. The van der Waals surface area contributed by atoms with Gasteiger partial charge in [-0.3, -0.25) is 9.59 Å². The number of carbonyl (C=O) groups is 2. The van der Waals surface area contributed by atoms with E-state index in [1.165, 1.54) is 14.2 Å². The van der Waals surface area contributed by atoms with Crippen molar-refractivity contribution in [1.82, 2.24) is 0 Å². The summed E-state index contributed by atoms with van der Waals surface area (Å²) >= 11 is 0. The molecule has 174 valence electrons. The quantitative estimate of drug-likeness (QED) is 0.262. The highest BCUT2D eigenvalue weighted by atomic mass is 16.5. The lowest BCUT2D eigenvalue weighted by molar-refractivity contribution is -0.140. The maximum absolute atomic E-state index is 12.8. The molecule has 0 aromatic heterocycles. The maximum atomic E-state index is 12.8. The van der Waals surface area contributed by atoms with Gasteiger partial charge >= 0.3 is 11.9 Å². The molecule has 4 heteroatoms. The highest BCUT2D eigenvalue weighted by molar-refractivity contribution is 6.40. The third kappa shape index (κ3) is 2.64. The van der Waals surface area contributed by atoms with Crippen molar-refractivity contribution in [3.63, 3.8) is 0 Å². The van der Waals surface area contributed by atoms with E-state index >= 15 is 0 Å². The van der Waals surface area contributed by atoms with Gasteiger partial charge in [-0.05, 0) is 75.8 Å². The zero-order valence-corrected chi connectivity index (χ0v) is 20.0. The molecular weight excluding hydrogens is 448 g/mol. The zero-order chi connectivity index (χ0) is 24.6. The third-order valence-corrected chi connectivity index (χ3v) is 7.69. The summed E-state index contributed by atoms with van der Waals surface area (Å²) in [7, 11) is 2.86. The second kappa shape index (κ2) is 7.53. The fraction of sp³-hybridized carbons (Fsp3) is 0.125. The number of carbonyl (C=O) groups excluding carboxylic acids is 2. The van der Waals surface area contributed by atoms with E-state index < -0.39 is 0 Å². The highest BCUT2D eigenvalue weighted by Gasteiger charge is 2.27. The number of fused-ring (bicyclic) bond motifs is 6. The van der Waals surface area contributed by atoms with Crippen LogP contribution in [0.5, 0.6) is 0 Å². The van der Waals surface area contributed by atoms with E-state index in [-0.39, 0.29) is 24.8 Å². The Labute approximate surface area is 206 Å². The van der Waals surface area contributed by atoms with E-state index in [4.69, 9.17) is 9.47 Å². The molecule has 0 atom stereocenters. The molecule has 0 unspecified atom stereocenters. The molecule has 7 rings (SSSR count). The summed E-state index contributed by atoms with van der Waals surface area (Å²) < 4.78 is 10.3. The number of benzene rings is 5. The Morgan fingerprint density at radius 2 is 0.806 bits per heavy atom. The van der Waals surface area contributed by atoms with Gasteiger partial charge in [0.25, 0.3) is 0 Å². The Bertz CT molecular complexity index is 1740. The number of hydrogen-bond acceptors (Lipinski definition) is 4.